The summed E-state index contributed by atoms with van der Waals surface area (Å²) in [7, 11) is 0. The van der Waals surface area contributed by atoms with Crippen molar-refractivity contribution in [3.05, 3.63) is 27.2 Å². The van der Waals surface area contributed by atoms with Crippen LogP contribution in [0.5, 0.6) is 5.75 Å². The Morgan fingerprint density at radius 3 is 2.00 bits per heavy atom. The topological polar surface area (TPSA) is 128 Å². The molecule has 0 aromatic carbocycles. The number of aryl methyl sites for hydroxylation is 1. The van der Waals surface area contributed by atoms with Crippen molar-refractivity contribution in [3.8, 4) is 5.75 Å². The Kier molecular flexibility index (Phi) is 2.47. The van der Waals surface area contributed by atoms with Gasteiger partial charge in [0.05, 0.1) is 5.69 Å². The van der Waals surface area contributed by atoms with Crippen molar-refractivity contribution in [3.63, 3.8) is 0 Å². The van der Waals surface area contributed by atoms with E-state index >= 15 is 0 Å². The fourth-order valence-corrected chi connectivity index (χ4v) is 1.12. The third-order valence-corrected chi connectivity index (χ3v) is 1.80. The van der Waals surface area contributed by atoms with Gasteiger partial charge in [-0.25, -0.2) is 9.59 Å². The normalized spacial score (nSPS) is 9.93. The van der Waals surface area contributed by atoms with Crippen LogP contribution in [0, 0.1) is 6.92 Å². The van der Waals surface area contributed by atoms with E-state index in [1.54, 1.807) is 0 Å². The van der Waals surface area contributed by atoms with Crippen LogP contribution in [0.4, 0.5) is 0 Å². The molecule has 4 N–H and O–H groups in total. The molecule has 0 bridgehead atoms. The smallest absolute Gasteiger partial charge is 0.342 e. The summed E-state index contributed by atoms with van der Waals surface area (Å²) >= 11 is 0. The maximum atomic E-state index is 11.1. The highest BCUT2D eigenvalue weighted by Gasteiger charge is 2.25. The van der Waals surface area contributed by atoms with Crippen LogP contribution >= 0.6 is 0 Å². The molecule has 0 unspecified atom stereocenters. The van der Waals surface area contributed by atoms with E-state index in [1.807, 2.05) is 4.98 Å². The lowest BCUT2D eigenvalue weighted by molar-refractivity contribution is 0.0646. The van der Waals surface area contributed by atoms with Crippen LogP contribution in [0.1, 0.15) is 26.4 Å². The number of pyridine rings is 1. The first-order valence-electron chi connectivity index (χ1n) is 3.78. The van der Waals surface area contributed by atoms with E-state index < -0.39 is 34.4 Å². The predicted molar refractivity (Wildman–Crippen MR) is 47.4 cm³/mol. The van der Waals surface area contributed by atoms with Crippen LogP contribution < -0.4 is 5.56 Å². The van der Waals surface area contributed by atoms with Gasteiger partial charge in [-0.1, -0.05) is 0 Å². The number of nitrogens with one attached hydrogen (secondary N) is 1. The highest BCUT2D eigenvalue weighted by Crippen LogP contribution is 2.21. The maximum absolute atomic E-state index is 11.1. The summed E-state index contributed by atoms with van der Waals surface area (Å²) in [4.78, 5) is 34.5. The lowest BCUT2D eigenvalue weighted by Crippen LogP contribution is -2.23. The SMILES string of the molecule is Cc1[nH]c(=O)c(C(=O)O)c(C(=O)O)c1O. The molecule has 1 heterocycles. The van der Waals surface area contributed by atoms with E-state index in [4.69, 9.17) is 10.2 Å². The number of aromatic carboxylic acids is 2. The van der Waals surface area contributed by atoms with Crippen LogP contribution in [0.2, 0.25) is 0 Å². The van der Waals surface area contributed by atoms with Gasteiger partial charge in [-0.2, -0.15) is 0 Å². The van der Waals surface area contributed by atoms with Crippen LogP contribution in [-0.2, 0) is 0 Å². The predicted octanol–water partition coefficient (Wildman–Crippen LogP) is -0.215. The molecule has 1 rings (SSSR count). The van der Waals surface area contributed by atoms with Crippen molar-refractivity contribution < 1.29 is 24.9 Å². The van der Waals surface area contributed by atoms with Gasteiger partial charge in [-0.3, -0.25) is 4.79 Å². The third-order valence-electron chi connectivity index (χ3n) is 1.80. The van der Waals surface area contributed by atoms with Crippen LogP contribution in [0.3, 0.4) is 0 Å². The Balaban J connectivity index is 3.78. The molecule has 0 atom stereocenters. The van der Waals surface area contributed by atoms with Gasteiger partial charge in [-0.15, -0.1) is 0 Å². The number of aromatic nitrogens is 1. The van der Waals surface area contributed by atoms with E-state index in [0.29, 0.717) is 0 Å². The summed E-state index contributed by atoms with van der Waals surface area (Å²) in [5.41, 5.74) is -3.04. The second-order valence-corrected chi connectivity index (χ2v) is 2.79. The summed E-state index contributed by atoms with van der Waals surface area (Å²) in [5, 5.41) is 26.6. The molecule has 1 aromatic heterocycles. The monoisotopic (exact) mass is 213 g/mol. The Hall–Kier alpha value is -2.31. The maximum Gasteiger partial charge on any atom is 0.342 e. The molecule has 0 aliphatic heterocycles. The highest BCUT2D eigenvalue weighted by molar-refractivity contribution is 6.03. The van der Waals surface area contributed by atoms with Crippen molar-refractivity contribution in [2.75, 3.05) is 0 Å². The highest BCUT2D eigenvalue weighted by atomic mass is 16.4. The number of hydrogen-bond acceptors (Lipinski definition) is 4. The molecule has 0 saturated heterocycles. The zero-order valence-electron chi connectivity index (χ0n) is 7.57. The first-order chi connectivity index (χ1) is 6.86. The minimum absolute atomic E-state index is 0.0950. The fraction of sp³-hybridized carbons (Fsp3) is 0.125. The van der Waals surface area contributed by atoms with Crippen LogP contribution in [-0.4, -0.2) is 32.2 Å². The fourth-order valence-electron chi connectivity index (χ4n) is 1.12. The molecule has 0 aliphatic rings. The number of carboxylic acids is 2. The number of H-pyrrole nitrogens is 1. The number of hydrogen-bond donors (Lipinski definition) is 4. The van der Waals surface area contributed by atoms with Crippen molar-refractivity contribution in [1.82, 2.24) is 4.98 Å². The minimum Gasteiger partial charge on any atom is -0.505 e. The number of rotatable bonds is 2. The molecule has 0 fully saturated rings. The average Bonchev–Trinajstić information content (AvgIpc) is 2.09. The van der Waals surface area contributed by atoms with E-state index in [-0.39, 0.29) is 5.69 Å². The van der Waals surface area contributed by atoms with Gasteiger partial charge >= 0.3 is 11.9 Å². The molecule has 0 aliphatic carbocycles. The summed E-state index contributed by atoms with van der Waals surface area (Å²) in [5.74, 6) is -4.12. The molecule has 15 heavy (non-hydrogen) atoms. The Morgan fingerprint density at radius 2 is 1.60 bits per heavy atom. The summed E-state index contributed by atoms with van der Waals surface area (Å²) in [6, 6.07) is 0. The number of aromatic amines is 1. The molecule has 0 spiro atoms. The Morgan fingerprint density at radius 1 is 1.13 bits per heavy atom. The van der Waals surface area contributed by atoms with Crippen molar-refractivity contribution in [1.29, 1.82) is 0 Å². The Bertz CT molecular complexity index is 501. The first-order valence-corrected chi connectivity index (χ1v) is 3.78. The van der Waals surface area contributed by atoms with E-state index in [0.717, 1.165) is 0 Å². The van der Waals surface area contributed by atoms with Crippen molar-refractivity contribution >= 4 is 11.9 Å². The molecule has 0 saturated carbocycles. The molecule has 0 radical (unpaired) electrons. The largest absolute Gasteiger partial charge is 0.505 e. The average molecular weight is 213 g/mol. The van der Waals surface area contributed by atoms with E-state index in [9.17, 15) is 19.5 Å². The summed E-state index contributed by atoms with van der Waals surface area (Å²) < 4.78 is 0. The van der Waals surface area contributed by atoms with Gasteiger partial charge in [0.25, 0.3) is 5.56 Å². The zero-order valence-corrected chi connectivity index (χ0v) is 7.57. The van der Waals surface area contributed by atoms with Crippen molar-refractivity contribution in [2.45, 2.75) is 6.92 Å². The second-order valence-electron chi connectivity index (χ2n) is 2.79. The van der Waals surface area contributed by atoms with Gasteiger partial charge in [0.2, 0.25) is 0 Å². The molecule has 1 aromatic rings. The van der Waals surface area contributed by atoms with Gasteiger partial charge in [-0.05, 0) is 6.92 Å². The molecule has 7 nitrogen and oxygen atoms in total. The number of carboxylic acid groups (broad SMARTS) is 2. The summed E-state index contributed by atoms with van der Waals surface area (Å²) in [6.45, 7) is 1.26. The molecule has 80 valence electrons. The molecular formula is C8H7NO6. The second kappa shape index (κ2) is 3.45. The van der Waals surface area contributed by atoms with Gasteiger partial charge in [0, 0.05) is 0 Å². The van der Waals surface area contributed by atoms with Gasteiger partial charge in [0.1, 0.15) is 16.9 Å². The lowest BCUT2D eigenvalue weighted by atomic mass is 10.1. The quantitative estimate of drug-likeness (QED) is 0.538. The zero-order chi connectivity index (χ0) is 11.7. The van der Waals surface area contributed by atoms with Crippen LogP contribution in [0.25, 0.3) is 0 Å². The molecule has 7 heteroatoms. The number of aromatic hydroxyl groups is 1. The molecule has 0 amide bonds. The lowest BCUT2D eigenvalue weighted by Gasteiger charge is -2.05. The Labute approximate surface area is 82.6 Å². The standard InChI is InChI=1S/C8H7NO6/c1-2-5(10)3(7(12)13)4(8(14)15)6(11)9-2/h10H,1H3,(H,9,11)(H,12,13)(H,14,15). The first kappa shape index (κ1) is 10.8. The van der Waals surface area contributed by atoms with Gasteiger partial charge in [0.15, 0.2) is 0 Å². The number of carbonyl (C=O) groups is 2. The van der Waals surface area contributed by atoms with Crippen LogP contribution in [0.15, 0.2) is 4.79 Å². The third kappa shape index (κ3) is 1.66. The van der Waals surface area contributed by atoms with Crippen molar-refractivity contribution in [2.24, 2.45) is 0 Å². The van der Waals surface area contributed by atoms with E-state index in [2.05, 4.69) is 0 Å². The minimum atomic E-state index is -1.70. The van der Waals surface area contributed by atoms with E-state index in [1.165, 1.54) is 6.92 Å². The van der Waals surface area contributed by atoms with Gasteiger partial charge < -0.3 is 20.3 Å². The molecular weight excluding hydrogens is 206 g/mol. The summed E-state index contributed by atoms with van der Waals surface area (Å²) in [6.07, 6.45) is 0.